The number of aromatic amines is 1. The molecule has 1 heterocycles. The Bertz CT molecular complexity index is 673. The Kier molecular flexibility index (Phi) is 3.54. The first-order valence-electron chi connectivity index (χ1n) is 6.76. The number of H-pyrrole nitrogens is 1. The number of hydrogen-bond acceptors (Lipinski definition) is 3. The molecule has 4 heteroatoms. The maximum atomic E-state index is 5.61. The number of nitrogens with one attached hydrogen (secondary N) is 2. The first-order chi connectivity index (χ1) is 9.86. The number of imidazole rings is 1. The predicted molar refractivity (Wildman–Crippen MR) is 81.0 cm³/mol. The number of rotatable bonds is 5. The molecular formula is C16H17N3O. The first-order valence-corrected chi connectivity index (χ1v) is 6.76. The van der Waals surface area contributed by atoms with Gasteiger partial charge in [0.2, 0.25) is 5.95 Å². The minimum Gasteiger partial charge on any atom is -0.494 e. The molecule has 0 unspecified atom stereocenters. The van der Waals surface area contributed by atoms with Crippen LogP contribution >= 0.6 is 0 Å². The highest BCUT2D eigenvalue weighted by Gasteiger charge is 2.04. The highest BCUT2D eigenvalue weighted by Crippen LogP contribution is 2.20. The minimum absolute atomic E-state index is 0.668. The van der Waals surface area contributed by atoms with Crippen LogP contribution < -0.4 is 10.1 Å². The van der Waals surface area contributed by atoms with Crippen LogP contribution in [0.15, 0.2) is 48.5 Å². The molecule has 0 bridgehead atoms. The molecule has 0 radical (unpaired) electrons. The Balaban J connectivity index is 1.76. The van der Waals surface area contributed by atoms with Crippen molar-refractivity contribution in [2.24, 2.45) is 0 Å². The van der Waals surface area contributed by atoms with Gasteiger partial charge in [0.25, 0.3) is 0 Å². The first kappa shape index (κ1) is 12.5. The van der Waals surface area contributed by atoms with Crippen LogP contribution in [0.4, 0.5) is 5.95 Å². The molecule has 0 amide bonds. The maximum Gasteiger partial charge on any atom is 0.201 e. The number of hydrogen-bond donors (Lipinski definition) is 2. The highest BCUT2D eigenvalue weighted by atomic mass is 16.5. The molecule has 0 saturated carbocycles. The molecule has 0 spiro atoms. The summed E-state index contributed by atoms with van der Waals surface area (Å²) in [5, 5.41) is 3.30. The fourth-order valence-electron chi connectivity index (χ4n) is 2.16. The van der Waals surface area contributed by atoms with Gasteiger partial charge in [0.15, 0.2) is 0 Å². The quantitative estimate of drug-likeness (QED) is 0.743. The molecule has 0 saturated heterocycles. The third-order valence-corrected chi connectivity index (χ3v) is 3.11. The van der Waals surface area contributed by atoms with Crippen LogP contribution in [0.1, 0.15) is 12.5 Å². The van der Waals surface area contributed by atoms with Crippen LogP contribution in [0.25, 0.3) is 11.0 Å². The van der Waals surface area contributed by atoms with E-state index in [1.807, 2.05) is 49.4 Å². The molecule has 3 aromatic rings. The molecule has 0 fully saturated rings. The maximum absolute atomic E-state index is 5.61. The van der Waals surface area contributed by atoms with Crippen LogP contribution in [0.3, 0.4) is 0 Å². The van der Waals surface area contributed by atoms with Crippen molar-refractivity contribution in [1.29, 1.82) is 0 Å². The van der Waals surface area contributed by atoms with E-state index in [0.717, 1.165) is 28.3 Å². The van der Waals surface area contributed by atoms with Crippen molar-refractivity contribution in [2.75, 3.05) is 11.9 Å². The zero-order valence-corrected chi connectivity index (χ0v) is 11.4. The average molecular weight is 267 g/mol. The molecule has 0 aliphatic rings. The Hall–Kier alpha value is -2.49. The zero-order chi connectivity index (χ0) is 13.8. The minimum atomic E-state index is 0.668. The van der Waals surface area contributed by atoms with Gasteiger partial charge in [-0.25, -0.2) is 4.98 Å². The van der Waals surface area contributed by atoms with E-state index < -0.39 is 0 Å². The lowest BCUT2D eigenvalue weighted by molar-refractivity contribution is 0.337. The Labute approximate surface area is 117 Å². The smallest absolute Gasteiger partial charge is 0.201 e. The van der Waals surface area contributed by atoms with Crippen molar-refractivity contribution in [3.8, 4) is 5.75 Å². The second-order valence-electron chi connectivity index (χ2n) is 4.50. The number of benzene rings is 2. The molecule has 0 atom stereocenters. The van der Waals surface area contributed by atoms with Gasteiger partial charge >= 0.3 is 0 Å². The number of nitrogens with zero attached hydrogens (tertiary/aromatic N) is 1. The average Bonchev–Trinajstić information content (AvgIpc) is 2.89. The second kappa shape index (κ2) is 5.65. The van der Waals surface area contributed by atoms with Gasteiger partial charge in [0.05, 0.1) is 17.6 Å². The standard InChI is InChI=1S/C16H17N3O/c1-2-20-15-10-6-3-7-12(15)11-17-16-18-13-8-4-5-9-14(13)19-16/h3-10H,2,11H2,1H3,(H2,17,18,19). The fraction of sp³-hybridized carbons (Fsp3) is 0.188. The molecule has 20 heavy (non-hydrogen) atoms. The molecule has 4 nitrogen and oxygen atoms in total. The van der Waals surface area contributed by atoms with Gasteiger partial charge in [-0.2, -0.15) is 0 Å². The van der Waals surface area contributed by atoms with Gasteiger partial charge in [0.1, 0.15) is 5.75 Å². The number of ether oxygens (including phenoxy) is 1. The summed E-state index contributed by atoms with van der Waals surface area (Å²) < 4.78 is 5.61. The van der Waals surface area contributed by atoms with E-state index in [1.165, 1.54) is 0 Å². The Morgan fingerprint density at radius 1 is 1.10 bits per heavy atom. The van der Waals surface area contributed by atoms with E-state index in [2.05, 4.69) is 21.4 Å². The second-order valence-corrected chi connectivity index (χ2v) is 4.50. The summed E-state index contributed by atoms with van der Waals surface area (Å²) in [5.74, 6) is 1.69. The molecule has 3 rings (SSSR count). The molecule has 102 valence electrons. The van der Waals surface area contributed by atoms with Gasteiger partial charge < -0.3 is 15.0 Å². The van der Waals surface area contributed by atoms with E-state index in [4.69, 9.17) is 4.74 Å². The monoisotopic (exact) mass is 267 g/mol. The fourth-order valence-corrected chi connectivity index (χ4v) is 2.16. The van der Waals surface area contributed by atoms with Crippen LogP contribution in [0, 0.1) is 0 Å². The Morgan fingerprint density at radius 3 is 2.75 bits per heavy atom. The molecular weight excluding hydrogens is 250 g/mol. The van der Waals surface area contributed by atoms with Gasteiger partial charge in [0, 0.05) is 12.1 Å². The van der Waals surface area contributed by atoms with Gasteiger partial charge in [-0.1, -0.05) is 30.3 Å². The van der Waals surface area contributed by atoms with E-state index >= 15 is 0 Å². The molecule has 2 aromatic carbocycles. The van der Waals surface area contributed by atoms with E-state index in [1.54, 1.807) is 0 Å². The highest BCUT2D eigenvalue weighted by molar-refractivity contribution is 5.77. The van der Waals surface area contributed by atoms with Crippen LogP contribution in [0.2, 0.25) is 0 Å². The van der Waals surface area contributed by atoms with Gasteiger partial charge in [-0.15, -0.1) is 0 Å². The van der Waals surface area contributed by atoms with Crippen molar-refractivity contribution in [3.63, 3.8) is 0 Å². The third kappa shape index (κ3) is 2.59. The number of fused-ring (bicyclic) bond motifs is 1. The summed E-state index contributed by atoms with van der Waals surface area (Å²) in [6.45, 7) is 3.33. The van der Waals surface area contributed by atoms with Crippen LogP contribution in [0.5, 0.6) is 5.75 Å². The molecule has 1 aromatic heterocycles. The number of anilines is 1. The molecule has 0 aliphatic heterocycles. The summed E-state index contributed by atoms with van der Waals surface area (Å²) in [5.41, 5.74) is 3.12. The predicted octanol–water partition coefficient (Wildman–Crippen LogP) is 3.57. The van der Waals surface area contributed by atoms with Gasteiger partial charge in [-0.05, 0) is 25.1 Å². The lowest BCUT2D eigenvalue weighted by Crippen LogP contribution is -2.04. The third-order valence-electron chi connectivity index (χ3n) is 3.11. The van der Waals surface area contributed by atoms with E-state index in [9.17, 15) is 0 Å². The zero-order valence-electron chi connectivity index (χ0n) is 11.4. The summed E-state index contributed by atoms with van der Waals surface area (Å²) in [6.07, 6.45) is 0. The summed E-state index contributed by atoms with van der Waals surface area (Å²) in [4.78, 5) is 7.75. The lowest BCUT2D eigenvalue weighted by Gasteiger charge is -2.10. The topological polar surface area (TPSA) is 49.9 Å². The molecule has 2 N–H and O–H groups in total. The van der Waals surface area contributed by atoms with E-state index in [0.29, 0.717) is 13.2 Å². The summed E-state index contributed by atoms with van der Waals surface area (Å²) in [6, 6.07) is 16.0. The van der Waals surface area contributed by atoms with Crippen LogP contribution in [-0.4, -0.2) is 16.6 Å². The number of aromatic nitrogens is 2. The van der Waals surface area contributed by atoms with Crippen molar-refractivity contribution in [1.82, 2.24) is 9.97 Å². The Morgan fingerprint density at radius 2 is 1.90 bits per heavy atom. The molecule has 0 aliphatic carbocycles. The summed E-state index contributed by atoms with van der Waals surface area (Å²) >= 11 is 0. The summed E-state index contributed by atoms with van der Waals surface area (Å²) in [7, 11) is 0. The van der Waals surface area contributed by atoms with Crippen LogP contribution in [-0.2, 0) is 6.54 Å². The normalized spacial score (nSPS) is 10.7. The van der Waals surface area contributed by atoms with Gasteiger partial charge in [-0.3, -0.25) is 0 Å². The largest absolute Gasteiger partial charge is 0.494 e. The van der Waals surface area contributed by atoms with E-state index in [-0.39, 0.29) is 0 Å². The van der Waals surface area contributed by atoms with Crippen molar-refractivity contribution in [3.05, 3.63) is 54.1 Å². The SMILES string of the molecule is CCOc1ccccc1CNc1nc2ccccc2[nH]1. The lowest BCUT2D eigenvalue weighted by atomic mass is 10.2. The number of para-hydroxylation sites is 3. The van der Waals surface area contributed by atoms with Crippen molar-refractivity contribution in [2.45, 2.75) is 13.5 Å². The van der Waals surface area contributed by atoms with Crippen molar-refractivity contribution >= 4 is 17.0 Å². The van der Waals surface area contributed by atoms with Crippen molar-refractivity contribution < 1.29 is 4.74 Å².